The van der Waals surface area contributed by atoms with Gasteiger partial charge >= 0.3 is 0 Å². The fraction of sp³-hybridized carbons (Fsp3) is 0.286. The van der Waals surface area contributed by atoms with E-state index >= 15 is 0 Å². The maximum Gasteiger partial charge on any atom is 0.241 e. The largest absolute Gasteiger partial charge is 0.338 e. The maximum absolute atomic E-state index is 12.5. The summed E-state index contributed by atoms with van der Waals surface area (Å²) in [6.07, 6.45) is 1.61. The lowest BCUT2D eigenvalue weighted by atomic mass is 9.96. The summed E-state index contributed by atoms with van der Waals surface area (Å²) in [4.78, 5) is 19.2. The highest BCUT2D eigenvalue weighted by Crippen LogP contribution is 2.23. The Kier molecular flexibility index (Phi) is 6.28. The van der Waals surface area contributed by atoms with E-state index in [2.05, 4.69) is 36.3 Å². The third-order valence-corrected chi connectivity index (χ3v) is 5.73. The lowest BCUT2D eigenvalue weighted by molar-refractivity contribution is -0.121. The van der Waals surface area contributed by atoms with Crippen LogP contribution < -0.4 is 5.32 Å². The predicted octanol–water partition coefficient (Wildman–Crippen LogP) is 5.00. The normalized spacial score (nSPS) is 15.4. The highest BCUT2D eigenvalue weighted by atomic mass is 79.9. The van der Waals surface area contributed by atoms with Crippen molar-refractivity contribution in [3.8, 4) is 11.4 Å². The number of piperidine rings is 1. The Morgan fingerprint density at radius 2 is 1.97 bits per heavy atom. The van der Waals surface area contributed by atoms with Crippen LogP contribution in [0.5, 0.6) is 0 Å². The molecule has 1 aliphatic heterocycles. The van der Waals surface area contributed by atoms with Crippen molar-refractivity contribution in [3.05, 3.63) is 63.9 Å². The van der Waals surface area contributed by atoms with Gasteiger partial charge in [0, 0.05) is 26.7 Å². The van der Waals surface area contributed by atoms with Crippen LogP contribution in [0, 0.1) is 5.92 Å². The van der Waals surface area contributed by atoms with Crippen molar-refractivity contribution in [2.45, 2.75) is 19.4 Å². The number of likely N-dealkylation sites (tertiary alicyclic amines) is 1. The minimum absolute atomic E-state index is 0.0116. The molecule has 1 aromatic heterocycles. The molecule has 1 aliphatic rings. The van der Waals surface area contributed by atoms with E-state index in [1.165, 1.54) is 0 Å². The zero-order valence-electron chi connectivity index (χ0n) is 15.6. The van der Waals surface area contributed by atoms with Gasteiger partial charge in [0.25, 0.3) is 0 Å². The van der Waals surface area contributed by atoms with Gasteiger partial charge in [0.2, 0.25) is 17.6 Å². The molecule has 150 valence electrons. The molecule has 1 fully saturated rings. The highest BCUT2D eigenvalue weighted by molar-refractivity contribution is 9.10. The van der Waals surface area contributed by atoms with Crippen LogP contribution in [-0.2, 0) is 11.3 Å². The monoisotopic (exact) mass is 474 g/mol. The molecule has 0 spiro atoms. The van der Waals surface area contributed by atoms with Gasteiger partial charge in [-0.15, -0.1) is 0 Å². The van der Waals surface area contributed by atoms with E-state index in [-0.39, 0.29) is 11.8 Å². The summed E-state index contributed by atoms with van der Waals surface area (Å²) >= 11 is 9.34. The second-order valence-corrected chi connectivity index (χ2v) is 8.42. The molecular formula is C21H20BrClN4O2. The number of carbonyl (C=O) groups is 1. The van der Waals surface area contributed by atoms with Gasteiger partial charge in [0.15, 0.2) is 0 Å². The SMILES string of the molecule is O=C(Nc1cccc(Br)c1)C1CCN(Cc2nc(-c3ccc(Cl)cc3)no2)CC1. The first kappa shape index (κ1) is 20.1. The molecular weight excluding hydrogens is 456 g/mol. The van der Waals surface area contributed by atoms with E-state index in [0.29, 0.717) is 23.3 Å². The molecule has 1 amide bonds. The second kappa shape index (κ2) is 9.07. The molecule has 1 saturated heterocycles. The second-order valence-electron chi connectivity index (χ2n) is 7.07. The number of hydrogen-bond acceptors (Lipinski definition) is 5. The zero-order valence-corrected chi connectivity index (χ0v) is 18.0. The number of benzene rings is 2. The number of carbonyl (C=O) groups excluding carboxylic acids is 1. The number of halogens is 2. The van der Waals surface area contributed by atoms with Gasteiger partial charge in [-0.2, -0.15) is 4.98 Å². The number of hydrogen-bond donors (Lipinski definition) is 1. The Labute approximate surface area is 182 Å². The third kappa shape index (κ3) is 5.23. The van der Waals surface area contributed by atoms with Gasteiger partial charge in [-0.1, -0.05) is 38.8 Å². The van der Waals surface area contributed by atoms with Crippen molar-refractivity contribution in [3.63, 3.8) is 0 Å². The molecule has 0 atom stereocenters. The number of rotatable bonds is 5. The Morgan fingerprint density at radius 3 is 2.69 bits per heavy atom. The van der Waals surface area contributed by atoms with Crippen molar-refractivity contribution in [2.75, 3.05) is 18.4 Å². The predicted molar refractivity (Wildman–Crippen MR) is 116 cm³/mol. The van der Waals surface area contributed by atoms with E-state index < -0.39 is 0 Å². The Hall–Kier alpha value is -2.22. The lowest BCUT2D eigenvalue weighted by Gasteiger charge is -2.30. The summed E-state index contributed by atoms with van der Waals surface area (Å²) in [6, 6.07) is 15.0. The van der Waals surface area contributed by atoms with Gasteiger partial charge in [-0.3, -0.25) is 9.69 Å². The first-order chi connectivity index (χ1) is 14.1. The summed E-state index contributed by atoms with van der Waals surface area (Å²) in [7, 11) is 0. The van der Waals surface area contributed by atoms with Crippen LogP contribution in [0.1, 0.15) is 18.7 Å². The first-order valence-electron chi connectivity index (χ1n) is 9.44. The van der Waals surface area contributed by atoms with Gasteiger partial charge in [-0.25, -0.2) is 0 Å². The molecule has 2 aromatic carbocycles. The van der Waals surface area contributed by atoms with E-state index in [0.717, 1.165) is 41.7 Å². The quantitative estimate of drug-likeness (QED) is 0.562. The van der Waals surface area contributed by atoms with Crippen LogP contribution in [0.25, 0.3) is 11.4 Å². The molecule has 0 saturated carbocycles. The average Bonchev–Trinajstić information content (AvgIpc) is 3.17. The fourth-order valence-corrected chi connectivity index (χ4v) is 3.92. The number of amides is 1. The molecule has 0 radical (unpaired) electrons. The minimum atomic E-state index is 0.0116. The molecule has 0 unspecified atom stereocenters. The number of nitrogens with zero attached hydrogens (tertiary/aromatic N) is 3. The molecule has 2 heterocycles. The summed E-state index contributed by atoms with van der Waals surface area (Å²) in [6.45, 7) is 2.21. The molecule has 0 aliphatic carbocycles. The fourth-order valence-electron chi connectivity index (χ4n) is 3.39. The first-order valence-corrected chi connectivity index (χ1v) is 10.6. The number of nitrogens with one attached hydrogen (secondary N) is 1. The Morgan fingerprint density at radius 1 is 1.21 bits per heavy atom. The highest BCUT2D eigenvalue weighted by Gasteiger charge is 2.26. The summed E-state index contributed by atoms with van der Waals surface area (Å²) in [5.41, 5.74) is 1.68. The smallest absolute Gasteiger partial charge is 0.241 e. The van der Waals surface area contributed by atoms with Crippen molar-refractivity contribution in [2.24, 2.45) is 5.92 Å². The van der Waals surface area contributed by atoms with Crippen LogP contribution in [0.15, 0.2) is 57.5 Å². The summed E-state index contributed by atoms with van der Waals surface area (Å²) < 4.78 is 6.34. The van der Waals surface area contributed by atoms with Gasteiger partial charge < -0.3 is 9.84 Å². The summed E-state index contributed by atoms with van der Waals surface area (Å²) in [5, 5.41) is 7.73. The third-order valence-electron chi connectivity index (χ3n) is 4.98. The molecule has 29 heavy (non-hydrogen) atoms. The standard InChI is InChI=1S/C21H20BrClN4O2/c22-16-2-1-3-18(12-16)24-21(28)15-8-10-27(11-9-15)13-19-25-20(26-29-19)14-4-6-17(23)7-5-14/h1-7,12,15H,8-11,13H2,(H,24,28). The van der Waals surface area contributed by atoms with Gasteiger partial charge in [0.1, 0.15) is 0 Å². The summed E-state index contributed by atoms with van der Waals surface area (Å²) in [5.74, 6) is 1.22. The molecule has 6 nitrogen and oxygen atoms in total. The zero-order chi connectivity index (χ0) is 20.2. The van der Waals surface area contributed by atoms with Crippen LogP contribution >= 0.6 is 27.5 Å². The average molecular weight is 476 g/mol. The van der Waals surface area contributed by atoms with Crippen LogP contribution in [0.3, 0.4) is 0 Å². The van der Waals surface area contributed by atoms with Crippen molar-refractivity contribution >= 4 is 39.1 Å². The number of aromatic nitrogens is 2. The molecule has 3 aromatic rings. The van der Waals surface area contributed by atoms with E-state index in [4.69, 9.17) is 16.1 Å². The molecule has 1 N–H and O–H groups in total. The number of anilines is 1. The van der Waals surface area contributed by atoms with E-state index in [9.17, 15) is 4.79 Å². The maximum atomic E-state index is 12.5. The topological polar surface area (TPSA) is 71.3 Å². The van der Waals surface area contributed by atoms with Crippen LogP contribution in [0.4, 0.5) is 5.69 Å². The van der Waals surface area contributed by atoms with Crippen LogP contribution in [-0.4, -0.2) is 34.0 Å². The van der Waals surface area contributed by atoms with Crippen molar-refractivity contribution in [1.82, 2.24) is 15.0 Å². The lowest BCUT2D eigenvalue weighted by Crippen LogP contribution is -2.37. The van der Waals surface area contributed by atoms with Gasteiger partial charge in [0.05, 0.1) is 6.54 Å². The molecule has 0 bridgehead atoms. The molecule has 4 rings (SSSR count). The van der Waals surface area contributed by atoms with Crippen molar-refractivity contribution in [1.29, 1.82) is 0 Å². The molecule has 8 heteroatoms. The van der Waals surface area contributed by atoms with Crippen molar-refractivity contribution < 1.29 is 9.32 Å². The minimum Gasteiger partial charge on any atom is -0.338 e. The van der Waals surface area contributed by atoms with E-state index in [1.807, 2.05) is 36.4 Å². The Balaban J connectivity index is 1.29. The van der Waals surface area contributed by atoms with Gasteiger partial charge in [-0.05, 0) is 68.4 Å². The van der Waals surface area contributed by atoms with Crippen LogP contribution in [0.2, 0.25) is 5.02 Å². The Bertz CT molecular complexity index is 984. The van der Waals surface area contributed by atoms with E-state index in [1.54, 1.807) is 12.1 Å².